The van der Waals surface area contributed by atoms with E-state index in [0.29, 0.717) is 18.0 Å². The van der Waals surface area contributed by atoms with Crippen LogP contribution in [0.3, 0.4) is 0 Å². The Kier molecular flexibility index (Phi) is 7.17. The molecule has 0 unspecified atom stereocenters. The number of benzene rings is 2. The summed E-state index contributed by atoms with van der Waals surface area (Å²) >= 11 is 0. The number of hydrogen-bond donors (Lipinski definition) is 1. The van der Waals surface area contributed by atoms with E-state index in [4.69, 9.17) is 4.74 Å². The predicted molar refractivity (Wildman–Crippen MR) is 109 cm³/mol. The van der Waals surface area contributed by atoms with Gasteiger partial charge in [0.05, 0.1) is 11.9 Å². The summed E-state index contributed by atoms with van der Waals surface area (Å²) < 4.78 is 45.1. The minimum atomic E-state index is -3.90. The van der Waals surface area contributed by atoms with E-state index in [9.17, 15) is 17.6 Å². The Hall–Kier alpha value is -2.87. The van der Waals surface area contributed by atoms with Crippen molar-refractivity contribution in [1.29, 1.82) is 0 Å². The van der Waals surface area contributed by atoms with Crippen LogP contribution < -0.4 is 14.4 Å². The maximum atomic E-state index is 14.2. The molecule has 0 saturated heterocycles. The Morgan fingerprint density at radius 3 is 2.43 bits per heavy atom. The Labute approximate surface area is 164 Å². The maximum absolute atomic E-state index is 14.2. The first-order chi connectivity index (χ1) is 13.3. The second-order valence-electron chi connectivity index (χ2n) is 6.05. The molecule has 2 rings (SSSR count). The molecule has 2 aromatic carbocycles. The van der Waals surface area contributed by atoms with Crippen LogP contribution in [0.4, 0.5) is 15.8 Å². The molecule has 2 aromatic rings. The lowest BCUT2D eigenvalue weighted by atomic mass is 10.1. The SMILES string of the molecule is C=CCOc1ccc(NC(=O)[C@H](CC)N(c2ccccc2F)S(C)(=O)=O)cc1. The zero-order valence-corrected chi connectivity index (χ0v) is 16.6. The van der Waals surface area contributed by atoms with E-state index >= 15 is 0 Å². The number of halogens is 1. The molecule has 0 aliphatic rings. The van der Waals surface area contributed by atoms with Crippen LogP contribution in [0.25, 0.3) is 0 Å². The van der Waals surface area contributed by atoms with Crippen LogP contribution in [0, 0.1) is 5.82 Å². The van der Waals surface area contributed by atoms with Crippen molar-refractivity contribution in [3.63, 3.8) is 0 Å². The Morgan fingerprint density at radius 1 is 1.25 bits per heavy atom. The van der Waals surface area contributed by atoms with Crippen LogP contribution in [0.5, 0.6) is 5.75 Å². The van der Waals surface area contributed by atoms with Crippen molar-refractivity contribution >= 4 is 27.3 Å². The standard InChI is InChI=1S/C20H23FN2O4S/c1-4-14-27-16-12-10-15(11-13-16)22-20(24)18(5-2)23(28(3,25)26)19-9-7-6-8-17(19)21/h4,6-13,18H,1,5,14H2,2-3H3,(H,22,24)/t18-/m0/s1. The summed E-state index contributed by atoms with van der Waals surface area (Å²) in [6.07, 6.45) is 2.72. The molecule has 150 valence electrons. The van der Waals surface area contributed by atoms with Crippen LogP contribution >= 0.6 is 0 Å². The lowest BCUT2D eigenvalue weighted by Gasteiger charge is -2.30. The normalized spacial score (nSPS) is 12.1. The molecule has 0 aliphatic carbocycles. The van der Waals surface area contributed by atoms with Crippen molar-refractivity contribution in [1.82, 2.24) is 0 Å². The Morgan fingerprint density at radius 2 is 1.89 bits per heavy atom. The number of sulfonamides is 1. The van der Waals surface area contributed by atoms with Gasteiger partial charge in [-0.15, -0.1) is 0 Å². The molecule has 8 heteroatoms. The first-order valence-corrected chi connectivity index (χ1v) is 10.5. The van der Waals surface area contributed by atoms with Gasteiger partial charge >= 0.3 is 0 Å². The van der Waals surface area contributed by atoms with Crippen LogP contribution in [0.1, 0.15) is 13.3 Å². The second-order valence-corrected chi connectivity index (χ2v) is 7.91. The quantitative estimate of drug-likeness (QED) is 0.646. The van der Waals surface area contributed by atoms with Gasteiger partial charge in [-0.25, -0.2) is 12.8 Å². The molecule has 0 fully saturated rings. The summed E-state index contributed by atoms with van der Waals surface area (Å²) in [5, 5.41) is 2.67. The number of rotatable bonds is 9. The van der Waals surface area contributed by atoms with Gasteiger partial charge in [0.25, 0.3) is 0 Å². The van der Waals surface area contributed by atoms with E-state index in [1.165, 1.54) is 18.2 Å². The highest BCUT2D eigenvalue weighted by Crippen LogP contribution is 2.26. The third kappa shape index (κ3) is 5.32. The highest BCUT2D eigenvalue weighted by Gasteiger charge is 2.33. The van der Waals surface area contributed by atoms with Crippen molar-refractivity contribution < 1.29 is 22.3 Å². The molecule has 6 nitrogen and oxygen atoms in total. The molecule has 0 spiro atoms. The molecule has 0 heterocycles. The van der Waals surface area contributed by atoms with Crippen molar-refractivity contribution in [3.05, 3.63) is 67.0 Å². The fraction of sp³-hybridized carbons (Fsp3) is 0.250. The fourth-order valence-electron chi connectivity index (χ4n) is 2.68. The molecule has 1 atom stereocenters. The average Bonchev–Trinajstić information content (AvgIpc) is 2.65. The van der Waals surface area contributed by atoms with Gasteiger partial charge in [-0.2, -0.15) is 0 Å². The number of nitrogens with zero attached hydrogens (tertiary/aromatic N) is 1. The molecule has 0 saturated carbocycles. The van der Waals surface area contributed by atoms with E-state index in [2.05, 4.69) is 11.9 Å². The number of hydrogen-bond acceptors (Lipinski definition) is 4. The van der Waals surface area contributed by atoms with E-state index in [1.54, 1.807) is 37.3 Å². The van der Waals surface area contributed by atoms with Crippen LogP contribution in [0.15, 0.2) is 61.2 Å². The number of carbonyl (C=O) groups is 1. The summed E-state index contributed by atoms with van der Waals surface area (Å²) in [5.41, 5.74) is 0.302. The monoisotopic (exact) mass is 406 g/mol. The van der Waals surface area contributed by atoms with Gasteiger partial charge in [0, 0.05) is 5.69 Å². The molecule has 0 radical (unpaired) electrons. The van der Waals surface area contributed by atoms with Crippen molar-refractivity contribution in [2.45, 2.75) is 19.4 Å². The van der Waals surface area contributed by atoms with Gasteiger partial charge in [0.2, 0.25) is 15.9 Å². The first kappa shape index (κ1) is 21.4. The van der Waals surface area contributed by atoms with Crippen LogP contribution in [0.2, 0.25) is 0 Å². The molecule has 0 aliphatic heterocycles. The third-order valence-corrected chi connectivity index (χ3v) is 5.08. The summed E-state index contributed by atoms with van der Waals surface area (Å²) in [5.74, 6) is -0.673. The van der Waals surface area contributed by atoms with E-state index in [0.717, 1.165) is 16.6 Å². The molecule has 0 aromatic heterocycles. The number of amides is 1. The second kappa shape index (κ2) is 9.36. The highest BCUT2D eigenvalue weighted by atomic mass is 32.2. The van der Waals surface area contributed by atoms with Gasteiger partial charge in [-0.1, -0.05) is 31.7 Å². The Balaban J connectivity index is 2.27. The minimum absolute atomic E-state index is 0.160. The topological polar surface area (TPSA) is 75.7 Å². The number of ether oxygens (including phenoxy) is 1. The summed E-state index contributed by atoms with van der Waals surface area (Å²) in [6, 6.07) is 11.0. The largest absolute Gasteiger partial charge is 0.490 e. The van der Waals surface area contributed by atoms with E-state index in [1.807, 2.05) is 0 Å². The summed E-state index contributed by atoms with van der Waals surface area (Å²) in [6.45, 7) is 5.59. The molecule has 0 bridgehead atoms. The summed E-state index contributed by atoms with van der Waals surface area (Å²) in [7, 11) is -3.90. The zero-order valence-electron chi connectivity index (χ0n) is 15.8. The number of carbonyl (C=O) groups excluding carboxylic acids is 1. The maximum Gasteiger partial charge on any atom is 0.248 e. The lowest BCUT2D eigenvalue weighted by Crippen LogP contribution is -2.47. The van der Waals surface area contributed by atoms with Crippen LogP contribution in [-0.4, -0.2) is 33.2 Å². The zero-order chi connectivity index (χ0) is 20.7. The smallest absolute Gasteiger partial charge is 0.248 e. The average molecular weight is 406 g/mol. The van der Waals surface area contributed by atoms with Gasteiger partial charge in [0.15, 0.2) is 0 Å². The van der Waals surface area contributed by atoms with Crippen molar-refractivity contribution in [3.8, 4) is 5.75 Å². The minimum Gasteiger partial charge on any atom is -0.490 e. The molecule has 1 amide bonds. The third-order valence-electron chi connectivity index (χ3n) is 3.91. The van der Waals surface area contributed by atoms with Crippen molar-refractivity contribution in [2.24, 2.45) is 0 Å². The highest BCUT2D eigenvalue weighted by molar-refractivity contribution is 7.92. The Bertz CT molecular complexity index is 929. The molecule has 28 heavy (non-hydrogen) atoms. The lowest BCUT2D eigenvalue weighted by molar-refractivity contribution is -0.117. The van der Waals surface area contributed by atoms with Crippen molar-refractivity contribution in [2.75, 3.05) is 22.5 Å². The fourth-order valence-corrected chi connectivity index (χ4v) is 3.89. The van der Waals surface area contributed by atoms with E-state index in [-0.39, 0.29) is 12.1 Å². The summed E-state index contributed by atoms with van der Waals surface area (Å²) in [4.78, 5) is 12.8. The van der Waals surface area contributed by atoms with Gasteiger partial charge in [0.1, 0.15) is 24.2 Å². The number of anilines is 2. The molecular formula is C20H23FN2O4S. The number of nitrogens with one attached hydrogen (secondary N) is 1. The van der Waals surface area contributed by atoms with Crippen LogP contribution in [-0.2, 0) is 14.8 Å². The van der Waals surface area contributed by atoms with Gasteiger partial charge < -0.3 is 10.1 Å². The number of para-hydroxylation sites is 1. The molecule has 1 N–H and O–H groups in total. The van der Waals surface area contributed by atoms with Gasteiger partial charge in [-0.05, 0) is 42.8 Å². The van der Waals surface area contributed by atoms with E-state index < -0.39 is 27.8 Å². The van der Waals surface area contributed by atoms with Gasteiger partial charge in [-0.3, -0.25) is 9.10 Å². The molecular weight excluding hydrogens is 383 g/mol. The predicted octanol–water partition coefficient (Wildman–Crippen LogP) is 3.57. The first-order valence-electron chi connectivity index (χ1n) is 8.66.